The summed E-state index contributed by atoms with van der Waals surface area (Å²) in [7, 11) is 0. The van der Waals surface area contributed by atoms with Crippen molar-refractivity contribution in [3.05, 3.63) is 53.9 Å². The number of anilines is 2. The highest BCUT2D eigenvalue weighted by Gasteiger charge is 2.38. The van der Waals surface area contributed by atoms with Gasteiger partial charge >= 0.3 is 12.1 Å². The average molecular weight is 492 g/mol. The number of carbonyl (C=O) groups excluding carboxylic acids is 1. The van der Waals surface area contributed by atoms with Crippen molar-refractivity contribution >= 4 is 34.3 Å². The number of pyridine rings is 1. The fourth-order valence-corrected chi connectivity index (χ4v) is 3.46. The molecule has 1 fully saturated rings. The highest BCUT2D eigenvalue weighted by Crippen LogP contribution is 2.26. The number of amides is 1. The van der Waals surface area contributed by atoms with E-state index in [1.54, 1.807) is 6.20 Å². The van der Waals surface area contributed by atoms with Crippen LogP contribution >= 0.6 is 0 Å². The number of nitrogens with zero attached hydrogens (tertiary/aromatic N) is 2. The van der Waals surface area contributed by atoms with Crippen LogP contribution in [-0.2, 0) is 10.2 Å². The Labute approximate surface area is 200 Å². The number of nitrogens with one attached hydrogen (secondary N) is 3. The lowest BCUT2D eigenvalue weighted by molar-refractivity contribution is -0.192. The van der Waals surface area contributed by atoms with Gasteiger partial charge in [-0.3, -0.25) is 4.79 Å². The maximum Gasteiger partial charge on any atom is 0.490 e. The lowest BCUT2D eigenvalue weighted by atomic mass is 9.86. The summed E-state index contributed by atoms with van der Waals surface area (Å²) < 4.78 is 31.7. The van der Waals surface area contributed by atoms with E-state index in [4.69, 9.17) is 9.90 Å². The number of H-pyrrole nitrogens is 1. The Hall–Kier alpha value is -3.60. The van der Waals surface area contributed by atoms with Crippen LogP contribution in [0.4, 0.5) is 24.7 Å². The first-order valence-corrected chi connectivity index (χ1v) is 11.0. The highest BCUT2D eigenvalue weighted by atomic mass is 19.4. The van der Waals surface area contributed by atoms with Crippen LogP contribution in [-0.4, -0.2) is 59.3 Å². The number of carboxylic acid groups (broad SMARTS) is 1. The van der Waals surface area contributed by atoms with E-state index in [0.29, 0.717) is 11.4 Å². The van der Waals surface area contributed by atoms with E-state index in [-0.39, 0.29) is 11.3 Å². The van der Waals surface area contributed by atoms with Crippen LogP contribution in [0.5, 0.6) is 0 Å². The zero-order valence-corrected chi connectivity index (χ0v) is 19.7. The molecule has 35 heavy (non-hydrogen) atoms. The second kappa shape index (κ2) is 10.3. The van der Waals surface area contributed by atoms with Crippen molar-refractivity contribution in [3.8, 4) is 0 Å². The summed E-state index contributed by atoms with van der Waals surface area (Å²) in [5, 5.41) is 14.4. The molecule has 4 N–H and O–H groups in total. The summed E-state index contributed by atoms with van der Waals surface area (Å²) in [6, 6.07) is 12.1. The molecule has 0 spiro atoms. The number of aromatic amines is 1. The Morgan fingerprint density at radius 3 is 2.26 bits per heavy atom. The van der Waals surface area contributed by atoms with E-state index >= 15 is 0 Å². The van der Waals surface area contributed by atoms with Gasteiger partial charge in [0.1, 0.15) is 11.5 Å². The van der Waals surface area contributed by atoms with Crippen LogP contribution in [0, 0.1) is 0 Å². The van der Waals surface area contributed by atoms with E-state index in [1.165, 1.54) is 5.56 Å². The molecule has 1 aliphatic rings. The van der Waals surface area contributed by atoms with Crippen LogP contribution in [0.3, 0.4) is 0 Å². The number of rotatable bonds is 3. The minimum Gasteiger partial charge on any atom is -0.475 e. The second-order valence-electron chi connectivity index (χ2n) is 9.13. The summed E-state index contributed by atoms with van der Waals surface area (Å²) in [6.07, 6.45) is -3.37. The predicted octanol–water partition coefficient (Wildman–Crippen LogP) is 4.16. The van der Waals surface area contributed by atoms with Crippen molar-refractivity contribution in [1.82, 2.24) is 15.3 Å². The summed E-state index contributed by atoms with van der Waals surface area (Å²) in [5.41, 5.74) is 3.53. The van der Waals surface area contributed by atoms with E-state index in [9.17, 15) is 18.0 Å². The van der Waals surface area contributed by atoms with Crippen molar-refractivity contribution in [1.29, 1.82) is 0 Å². The van der Waals surface area contributed by atoms with Crippen molar-refractivity contribution in [3.63, 3.8) is 0 Å². The van der Waals surface area contributed by atoms with Crippen molar-refractivity contribution in [2.75, 3.05) is 36.4 Å². The van der Waals surface area contributed by atoms with Gasteiger partial charge in [0.05, 0.1) is 11.9 Å². The molecule has 0 radical (unpaired) electrons. The number of hydrogen-bond acceptors (Lipinski definition) is 5. The summed E-state index contributed by atoms with van der Waals surface area (Å²) in [6.45, 7) is 10.4. The first kappa shape index (κ1) is 26.0. The number of aliphatic carboxylic acids is 1. The molecule has 11 heteroatoms. The standard InChI is InChI=1S/C22H27N5O.C2HF3O2/c1-22(2,3)16-4-6-18-15(12-16)13-19(26-18)21(28)25-17-5-7-20(24-14-17)27-10-8-23-9-11-27;3-2(4,5)1(6)7/h4-7,12-14,23,26H,8-11H2,1-3H3,(H,25,28);(H,6,7). The lowest BCUT2D eigenvalue weighted by Crippen LogP contribution is -2.43. The van der Waals surface area contributed by atoms with Crippen LogP contribution in [0.25, 0.3) is 10.9 Å². The Kier molecular flexibility index (Phi) is 7.69. The summed E-state index contributed by atoms with van der Waals surface area (Å²) in [4.78, 5) is 31.5. The quantitative estimate of drug-likeness (QED) is 0.438. The molecule has 3 aromatic rings. The fraction of sp³-hybridized carbons (Fsp3) is 0.375. The molecular weight excluding hydrogens is 463 g/mol. The zero-order valence-electron chi connectivity index (χ0n) is 19.7. The minimum absolute atomic E-state index is 0.0751. The molecule has 4 rings (SSSR count). The minimum atomic E-state index is -5.08. The molecule has 1 amide bonds. The number of carbonyl (C=O) groups is 2. The molecule has 0 atom stereocenters. The van der Waals surface area contributed by atoms with Crippen molar-refractivity contribution in [2.24, 2.45) is 0 Å². The number of benzene rings is 1. The van der Waals surface area contributed by atoms with E-state index < -0.39 is 12.1 Å². The van der Waals surface area contributed by atoms with Gasteiger partial charge in [0, 0.05) is 37.1 Å². The number of carboxylic acids is 1. The average Bonchev–Trinajstić information content (AvgIpc) is 3.23. The molecule has 0 unspecified atom stereocenters. The molecule has 0 bridgehead atoms. The third kappa shape index (κ3) is 6.95. The molecule has 0 saturated carbocycles. The largest absolute Gasteiger partial charge is 0.490 e. The van der Waals surface area contributed by atoms with Crippen molar-refractivity contribution in [2.45, 2.75) is 32.4 Å². The van der Waals surface area contributed by atoms with Crippen LogP contribution < -0.4 is 15.5 Å². The van der Waals surface area contributed by atoms with Gasteiger partial charge in [0.15, 0.2) is 0 Å². The third-order valence-corrected chi connectivity index (χ3v) is 5.42. The van der Waals surface area contributed by atoms with E-state index in [0.717, 1.165) is 42.9 Å². The van der Waals surface area contributed by atoms with Gasteiger partial charge in [-0.2, -0.15) is 13.2 Å². The Morgan fingerprint density at radius 2 is 1.71 bits per heavy atom. The normalized spacial score (nSPS) is 14.3. The Balaban J connectivity index is 0.000000429. The number of fused-ring (bicyclic) bond motifs is 1. The number of piperazine rings is 1. The number of aromatic nitrogens is 2. The second-order valence-corrected chi connectivity index (χ2v) is 9.13. The van der Waals surface area contributed by atoms with Gasteiger partial charge in [-0.15, -0.1) is 0 Å². The third-order valence-electron chi connectivity index (χ3n) is 5.42. The van der Waals surface area contributed by atoms with Gasteiger partial charge in [-0.1, -0.05) is 26.8 Å². The lowest BCUT2D eigenvalue weighted by Gasteiger charge is -2.28. The van der Waals surface area contributed by atoms with Crippen LogP contribution in [0.1, 0.15) is 36.8 Å². The molecule has 2 aromatic heterocycles. The van der Waals surface area contributed by atoms with Gasteiger partial charge in [-0.05, 0) is 41.3 Å². The topological polar surface area (TPSA) is 110 Å². The smallest absolute Gasteiger partial charge is 0.475 e. The molecule has 3 heterocycles. The van der Waals surface area contributed by atoms with Crippen LogP contribution in [0.2, 0.25) is 0 Å². The summed E-state index contributed by atoms with van der Waals surface area (Å²) >= 11 is 0. The maximum absolute atomic E-state index is 12.7. The SMILES string of the molecule is CC(C)(C)c1ccc2[nH]c(C(=O)Nc3ccc(N4CCNCC4)nc3)cc2c1.O=C(O)C(F)(F)F. The van der Waals surface area contributed by atoms with Gasteiger partial charge in [0.25, 0.3) is 5.91 Å². The van der Waals surface area contributed by atoms with E-state index in [2.05, 4.69) is 58.4 Å². The molecule has 1 saturated heterocycles. The van der Waals surface area contributed by atoms with Crippen LogP contribution in [0.15, 0.2) is 42.6 Å². The first-order chi connectivity index (χ1) is 16.3. The summed E-state index contributed by atoms with van der Waals surface area (Å²) in [5.74, 6) is -1.97. The zero-order chi connectivity index (χ0) is 25.8. The van der Waals surface area contributed by atoms with Crippen molar-refractivity contribution < 1.29 is 27.9 Å². The molecule has 188 valence electrons. The molecule has 8 nitrogen and oxygen atoms in total. The number of halogens is 3. The number of hydrogen-bond donors (Lipinski definition) is 4. The highest BCUT2D eigenvalue weighted by molar-refractivity contribution is 6.06. The molecular formula is C24H28F3N5O3. The first-order valence-electron chi connectivity index (χ1n) is 11.0. The Bertz CT molecular complexity index is 1180. The Morgan fingerprint density at radius 1 is 1.06 bits per heavy atom. The van der Waals surface area contributed by atoms with E-state index in [1.807, 2.05) is 24.3 Å². The van der Waals surface area contributed by atoms with Gasteiger partial charge < -0.3 is 25.6 Å². The molecule has 1 aromatic carbocycles. The number of alkyl halides is 3. The van der Waals surface area contributed by atoms with Gasteiger partial charge in [-0.25, -0.2) is 9.78 Å². The monoisotopic (exact) mass is 491 g/mol. The fourth-order valence-electron chi connectivity index (χ4n) is 3.46. The maximum atomic E-state index is 12.7. The molecule has 1 aliphatic heterocycles. The predicted molar refractivity (Wildman–Crippen MR) is 128 cm³/mol. The van der Waals surface area contributed by atoms with Gasteiger partial charge in [0.2, 0.25) is 0 Å². The molecule has 0 aliphatic carbocycles.